The Hall–Kier alpha value is -3.52. The molecule has 1 fully saturated rings. The smallest absolute Gasteiger partial charge is 0.408 e. The second-order valence-corrected chi connectivity index (χ2v) is 9.50. The van der Waals surface area contributed by atoms with Gasteiger partial charge in [-0.15, -0.1) is 6.42 Å². The monoisotopic (exact) mass is 466 g/mol. The number of nitrogens with one attached hydrogen (secondary N) is 2. The maximum Gasteiger partial charge on any atom is 0.408 e. The molecule has 8 heteroatoms. The van der Waals surface area contributed by atoms with Crippen LogP contribution in [-0.4, -0.2) is 47.0 Å². The molecule has 2 atom stereocenters. The van der Waals surface area contributed by atoms with Crippen molar-refractivity contribution < 1.29 is 19.1 Å². The van der Waals surface area contributed by atoms with E-state index in [0.717, 1.165) is 32.1 Å². The van der Waals surface area contributed by atoms with Crippen LogP contribution < -0.4 is 10.6 Å². The van der Waals surface area contributed by atoms with Gasteiger partial charge in [0.15, 0.2) is 0 Å². The van der Waals surface area contributed by atoms with Crippen molar-refractivity contribution in [2.75, 3.05) is 6.54 Å². The van der Waals surface area contributed by atoms with E-state index in [1.54, 1.807) is 45.0 Å². The van der Waals surface area contributed by atoms with Crippen LogP contribution in [0.25, 0.3) is 0 Å². The van der Waals surface area contributed by atoms with Gasteiger partial charge in [0.05, 0.1) is 6.07 Å². The molecule has 34 heavy (non-hydrogen) atoms. The van der Waals surface area contributed by atoms with Crippen molar-refractivity contribution in [3.63, 3.8) is 0 Å². The first-order valence-corrected chi connectivity index (χ1v) is 11.6. The van der Waals surface area contributed by atoms with Crippen LogP contribution in [0.1, 0.15) is 77.0 Å². The zero-order valence-electron chi connectivity index (χ0n) is 20.4. The number of amides is 3. The molecular formula is C26H34N4O4. The molecule has 3 amide bonds. The van der Waals surface area contributed by atoms with Gasteiger partial charge in [-0.1, -0.05) is 37.3 Å². The van der Waals surface area contributed by atoms with E-state index < -0.39 is 29.7 Å². The molecule has 0 aromatic heterocycles. The second kappa shape index (κ2) is 12.1. The van der Waals surface area contributed by atoms with Crippen molar-refractivity contribution in [1.29, 1.82) is 5.26 Å². The van der Waals surface area contributed by atoms with E-state index in [-0.39, 0.29) is 18.5 Å². The lowest BCUT2D eigenvalue weighted by molar-refractivity contribution is -0.141. The first-order chi connectivity index (χ1) is 16.1. The molecule has 0 aliphatic heterocycles. The summed E-state index contributed by atoms with van der Waals surface area (Å²) in [4.78, 5) is 40.2. The number of hydrogen-bond acceptors (Lipinski definition) is 5. The SMILES string of the molecule is C#Cc1ccc(C(C(=O)NC2CCCCC2)N(CC#N)C(=O)C(C)NC(=O)OC(C)(C)C)cc1. The normalized spacial score (nSPS) is 15.7. The van der Waals surface area contributed by atoms with Gasteiger partial charge in [-0.25, -0.2) is 4.79 Å². The Morgan fingerprint density at radius 2 is 1.79 bits per heavy atom. The Morgan fingerprint density at radius 3 is 2.32 bits per heavy atom. The van der Waals surface area contributed by atoms with Crippen LogP contribution in [0.4, 0.5) is 4.79 Å². The first-order valence-electron chi connectivity index (χ1n) is 11.6. The summed E-state index contributed by atoms with van der Waals surface area (Å²) in [7, 11) is 0. The number of hydrogen-bond donors (Lipinski definition) is 2. The summed E-state index contributed by atoms with van der Waals surface area (Å²) in [5, 5.41) is 15.0. The van der Waals surface area contributed by atoms with Gasteiger partial charge in [0.1, 0.15) is 24.2 Å². The fraction of sp³-hybridized carbons (Fsp3) is 0.538. The van der Waals surface area contributed by atoms with E-state index in [9.17, 15) is 19.6 Å². The van der Waals surface area contributed by atoms with Gasteiger partial charge in [0.25, 0.3) is 0 Å². The summed E-state index contributed by atoms with van der Waals surface area (Å²) in [5.74, 6) is 1.59. The Balaban J connectivity index is 2.33. The summed E-state index contributed by atoms with van der Waals surface area (Å²) < 4.78 is 5.23. The topological polar surface area (TPSA) is 112 Å². The molecule has 0 bridgehead atoms. The number of terminal acetylenes is 1. The Kier molecular flexibility index (Phi) is 9.50. The lowest BCUT2D eigenvalue weighted by Crippen LogP contribution is -2.53. The molecule has 2 N–H and O–H groups in total. The van der Waals surface area contributed by atoms with Crippen LogP contribution in [0.2, 0.25) is 0 Å². The zero-order valence-corrected chi connectivity index (χ0v) is 20.4. The molecule has 2 unspecified atom stereocenters. The van der Waals surface area contributed by atoms with Crippen LogP contribution in [-0.2, 0) is 14.3 Å². The van der Waals surface area contributed by atoms with Crippen molar-refractivity contribution in [1.82, 2.24) is 15.5 Å². The standard InChI is InChI=1S/C26H34N4O4/c1-6-19-12-14-20(15-13-19)22(23(31)29-21-10-8-7-9-11-21)30(17-16-27)24(32)18(2)28-25(33)34-26(3,4)5/h1,12-15,18,21-22H,7-11,17H2,2-5H3,(H,28,33)(H,29,31). The van der Waals surface area contributed by atoms with E-state index in [0.29, 0.717) is 11.1 Å². The molecule has 1 aromatic rings. The fourth-order valence-corrected chi connectivity index (χ4v) is 3.93. The number of nitriles is 1. The maximum absolute atomic E-state index is 13.5. The van der Waals surface area contributed by atoms with Gasteiger partial charge in [-0.2, -0.15) is 5.26 Å². The van der Waals surface area contributed by atoms with Crippen molar-refractivity contribution in [3.05, 3.63) is 35.4 Å². The molecule has 0 saturated heterocycles. The molecule has 1 aliphatic rings. The minimum Gasteiger partial charge on any atom is -0.444 e. The molecule has 1 aromatic carbocycles. The Morgan fingerprint density at radius 1 is 1.18 bits per heavy atom. The van der Waals surface area contributed by atoms with E-state index in [1.807, 2.05) is 6.07 Å². The number of alkyl carbamates (subject to hydrolysis) is 1. The maximum atomic E-state index is 13.5. The molecule has 0 spiro atoms. The highest BCUT2D eigenvalue weighted by molar-refractivity contribution is 5.92. The molecule has 0 heterocycles. The highest BCUT2D eigenvalue weighted by Crippen LogP contribution is 2.25. The number of ether oxygens (including phenoxy) is 1. The van der Waals surface area contributed by atoms with E-state index in [1.165, 1.54) is 11.8 Å². The lowest BCUT2D eigenvalue weighted by Gasteiger charge is -2.33. The van der Waals surface area contributed by atoms with E-state index >= 15 is 0 Å². The average Bonchev–Trinajstić information content (AvgIpc) is 2.78. The number of carbonyl (C=O) groups is 3. The van der Waals surface area contributed by atoms with Crippen LogP contribution >= 0.6 is 0 Å². The molecular weight excluding hydrogens is 432 g/mol. The van der Waals surface area contributed by atoms with Crippen LogP contribution in [0.15, 0.2) is 24.3 Å². The average molecular weight is 467 g/mol. The Bertz CT molecular complexity index is 947. The van der Waals surface area contributed by atoms with Crippen LogP contribution in [0.3, 0.4) is 0 Å². The van der Waals surface area contributed by atoms with E-state index in [2.05, 4.69) is 16.6 Å². The van der Waals surface area contributed by atoms with Gasteiger partial charge in [-0.05, 0) is 58.2 Å². The highest BCUT2D eigenvalue weighted by atomic mass is 16.6. The fourth-order valence-electron chi connectivity index (χ4n) is 3.93. The summed E-state index contributed by atoms with van der Waals surface area (Å²) in [5.41, 5.74) is 0.425. The van der Waals surface area contributed by atoms with Gasteiger partial charge < -0.3 is 20.3 Å². The molecule has 0 radical (unpaired) electrons. The van der Waals surface area contributed by atoms with Crippen molar-refractivity contribution in [2.24, 2.45) is 0 Å². The summed E-state index contributed by atoms with van der Waals surface area (Å²) in [6, 6.07) is 6.67. The minimum absolute atomic E-state index is 0.0186. The molecule has 1 aliphatic carbocycles. The Labute approximate surface area is 202 Å². The number of rotatable bonds is 7. The largest absolute Gasteiger partial charge is 0.444 e. The van der Waals surface area contributed by atoms with Crippen LogP contribution in [0.5, 0.6) is 0 Å². The van der Waals surface area contributed by atoms with Gasteiger partial charge in [-0.3, -0.25) is 9.59 Å². The zero-order chi connectivity index (χ0) is 25.3. The third kappa shape index (κ3) is 7.81. The minimum atomic E-state index is -1.05. The van der Waals surface area contributed by atoms with E-state index in [4.69, 9.17) is 11.2 Å². The molecule has 1 saturated carbocycles. The molecule has 182 valence electrons. The van der Waals surface area contributed by atoms with Crippen LogP contribution in [0, 0.1) is 23.7 Å². The van der Waals surface area contributed by atoms with Crippen molar-refractivity contribution in [2.45, 2.75) is 83.5 Å². The summed E-state index contributed by atoms with van der Waals surface area (Å²) >= 11 is 0. The van der Waals surface area contributed by atoms with Crippen molar-refractivity contribution >= 4 is 17.9 Å². The number of benzene rings is 1. The quantitative estimate of drug-likeness (QED) is 0.472. The first kappa shape index (κ1) is 26.7. The molecule has 8 nitrogen and oxygen atoms in total. The van der Waals surface area contributed by atoms with Crippen molar-refractivity contribution in [3.8, 4) is 18.4 Å². The van der Waals surface area contributed by atoms with Gasteiger partial charge in [0, 0.05) is 11.6 Å². The summed E-state index contributed by atoms with van der Waals surface area (Å²) in [6.07, 6.45) is 9.64. The third-order valence-electron chi connectivity index (χ3n) is 5.53. The highest BCUT2D eigenvalue weighted by Gasteiger charge is 2.35. The lowest BCUT2D eigenvalue weighted by atomic mass is 9.94. The number of carbonyl (C=O) groups excluding carboxylic acids is 3. The second-order valence-electron chi connectivity index (χ2n) is 9.50. The predicted octanol–water partition coefficient (Wildman–Crippen LogP) is 3.42. The third-order valence-corrected chi connectivity index (χ3v) is 5.53. The van der Waals surface area contributed by atoms with Gasteiger partial charge >= 0.3 is 6.09 Å². The molecule has 2 rings (SSSR count). The number of nitrogens with zero attached hydrogens (tertiary/aromatic N) is 2. The summed E-state index contributed by atoms with van der Waals surface area (Å²) in [6.45, 7) is 6.30. The predicted molar refractivity (Wildman–Crippen MR) is 128 cm³/mol. The van der Waals surface area contributed by atoms with Gasteiger partial charge in [0.2, 0.25) is 11.8 Å².